The molecule has 1 aliphatic rings. The van der Waals surface area contributed by atoms with Gasteiger partial charge in [-0.1, -0.05) is 101 Å². The third-order valence-electron chi connectivity index (χ3n) is 6.48. The second kappa shape index (κ2) is 13.0. The molecule has 210 valence electrons. The summed E-state index contributed by atoms with van der Waals surface area (Å²) < 4.78 is 5.48. The highest BCUT2D eigenvalue weighted by Crippen LogP contribution is 2.30. The van der Waals surface area contributed by atoms with Crippen LogP contribution < -0.4 is 5.32 Å². The Morgan fingerprint density at radius 2 is 1.24 bits per heavy atom. The van der Waals surface area contributed by atoms with Crippen LogP contribution in [0.5, 0.6) is 0 Å². The Morgan fingerprint density at radius 1 is 0.683 bits per heavy atom. The number of hydrogen-bond acceptors (Lipinski definition) is 3. The number of halogens is 3. The normalized spacial score (nSPS) is 11.9. The van der Waals surface area contributed by atoms with Gasteiger partial charge in [0.25, 0.3) is 6.34 Å². The van der Waals surface area contributed by atoms with Crippen molar-refractivity contribution in [2.75, 3.05) is 5.32 Å². The van der Waals surface area contributed by atoms with E-state index in [0.29, 0.717) is 0 Å². The molecule has 7 heteroatoms. The van der Waals surface area contributed by atoms with E-state index >= 15 is 0 Å². The summed E-state index contributed by atoms with van der Waals surface area (Å²) >= 11 is 10.6. The second-order valence-corrected chi connectivity index (χ2v) is 14.6. The number of rotatable bonds is 1. The SMILES string of the molecule is CC(C)(C)c1cc(Br)cc(-n2cnc3ccccc32)c1.CC(C)(C)c1cc(Br)cc(Br)c1.[C+]1=Nc2ccccc2N1. The lowest BCUT2D eigenvalue weighted by molar-refractivity contribution is 0.589. The Hall–Kier alpha value is -2.83. The maximum Gasteiger partial charge on any atom is 0.254 e. The quantitative estimate of drug-likeness (QED) is 0.174. The Bertz CT molecular complexity index is 1650. The lowest BCUT2D eigenvalue weighted by atomic mass is 9.87. The van der Waals surface area contributed by atoms with Crippen molar-refractivity contribution in [3.63, 3.8) is 0 Å². The molecule has 0 atom stereocenters. The van der Waals surface area contributed by atoms with Crippen LogP contribution in [0.2, 0.25) is 0 Å². The Balaban J connectivity index is 0.000000156. The fourth-order valence-electron chi connectivity index (χ4n) is 4.12. The highest BCUT2D eigenvalue weighted by molar-refractivity contribution is 9.11. The van der Waals surface area contributed by atoms with Gasteiger partial charge in [-0.25, -0.2) is 4.98 Å². The zero-order valence-corrected chi connectivity index (χ0v) is 28.9. The molecular formula is C34H34Br3N4+. The summed E-state index contributed by atoms with van der Waals surface area (Å²) in [5.41, 5.74) is 8.27. The Kier molecular flexibility index (Phi) is 9.86. The summed E-state index contributed by atoms with van der Waals surface area (Å²) in [5, 5.41) is 2.88. The number of aromatic nitrogens is 2. The largest absolute Gasteiger partial charge is 0.299 e. The van der Waals surface area contributed by atoms with Crippen LogP contribution in [-0.4, -0.2) is 15.9 Å². The van der Waals surface area contributed by atoms with Crippen LogP contribution in [0.3, 0.4) is 0 Å². The average Bonchev–Trinajstić information content (AvgIpc) is 3.55. The van der Waals surface area contributed by atoms with Crippen LogP contribution in [0.15, 0.2) is 110 Å². The second-order valence-electron chi connectivity index (χ2n) is 11.8. The first-order chi connectivity index (χ1) is 19.3. The van der Waals surface area contributed by atoms with E-state index in [1.54, 1.807) is 0 Å². The van der Waals surface area contributed by atoms with Gasteiger partial charge in [0, 0.05) is 31.2 Å². The summed E-state index contributed by atoms with van der Waals surface area (Å²) in [7, 11) is 0. The van der Waals surface area contributed by atoms with E-state index in [2.05, 4.69) is 158 Å². The maximum absolute atomic E-state index is 4.46. The number of nitrogens with zero attached hydrogens (tertiary/aromatic N) is 3. The Labute approximate surface area is 268 Å². The van der Waals surface area contributed by atoms with Gasteiger partial charge in [-0.3, -0.25) is 4.57 Å². The van der Waals surface area contributed by atoms with Gasteiger partial charge in [0.1, 0.15) is 6.33 Å². The van der Waals surface area contributed by atoms with Crippen molar-refractivity contribution < 1.29 is 0 Å². The van der Waals surface area contributed by atoms with Crippen LogP contribution in [0.1, 0.15) is 52.7 Å². The summed E-state index contributed by atoms with van der Waals surface area (Å²) in [4.78, 5) is 8.40. The number of para-hydroxylation sites is 4. The van der Waals surface area contributed by atoms with Crippen molar-refractivity contribution in [2.45, 2.75) is 52.4 Å². The van der Waals surface area contributed by atoms with Crippen LogP contribution in [0.25, 0.3) is 16.7 Å². The fourth-order valence-corrected chi connectivity index (χ4v) is 5.90. The fraction of sp³-hybridized carbons (Fsp3) is 0.235. The number of imidazole rings is 1. The van der Waals surface area contributed by atoms with E-state index in [1.165, 1.54) is 11.1 Å². The molecule has 4 aromatic carbocycles. The van der Waals surface area contributed by atoms with Crippen molar-refractivity contribution in [3.8, 4) is 5.69 Å². The lowest BCUT2D eigenvalue weighted by Gasteiger charge is -2.20. The first-order valence-electron chi connectivity index (χ1n) is 13.3. The van der Waals surface area contributed by atoms with Crippen molar-refractivity contribution in [2.24, 2.45) is 4.99 Å². The molecule has 0 unspecified atom stereocenters. The molecule has 0 saturated carbocycles. The van der Waals surface area contributed by atoms with Crippen molar-refractivity contribution in [3.05, 3.63) is 116 Å². The van der Waals surface area contributed by atoms with E-state index in [0.717, 1.165) is 41.5 Å². The molecule has 0 radical (unpaired) electrons. The van der Waals surface area contributed by atoms with E-state index in [9.17, 15) is 0 Å². The molecule has 0 saturated heterocycles. The Morgan fingerprint density at radius 3 is 1.88 bits per heavy atom. The monoisotopic (exact) mass is 735 g/mol. The zero-order valence-electron chi connectivity index (χ0n) is 24.1. The van der Waals surface area contributed by atoms with Gasteiger partial charge in [-0.2, -0.15) is 5.32 Å². The van der Waals surface area contributed by atoms with Gasteiger partial charge in [0.2, 0.25) is 11.4 Å². The van der Waals surface area contributed by atoms with Gasteiger partial charge < -0.3 is 0 Å². The van der Waals surface area contributed by atoms with Crippen molar-refractivity contribution >= 4 is 76.5 Å². The third-order valence-corrected chi connectivity index (χ3v) is 7.85. The molecule has 0 aliphatic carbocycles. The number of anilines is 1. The number of nitrogens with one attached hydrogen (secondary N) is 1. The van der Waals surface area contributed by atoms with Gasteiger partial charge in [0.05, 0.1) is 11.0 Å². The molecule has 0 amide bonds. The number of aliphatic imine (C=N–C) groups is 1. The number of hydrogen-bond donors (Lipinski definition) is 1. The highest BCUT2D eigenvalue weighted by Gasteiger charge is 2.17. The summed E-state index contributed by atoms with van der Waals surface area (Å²) in [6.07, 6.45) is 4.55. The van der Waals surface area contributed by atoms with Gasteiger partial charge in [-0.15, -0.1) is 0 Å². The molecule has 0 fully saturated rings. The van der Waals surface area contributed by atoms with Crippen molar-refractivity contribution in [1.82, 2.24) is 9.55 Å². The first-order valence-corrected chi connectivity index (χ1v) is 15.7. The van der Waals surface area contributed by atoms with Crippen LogP contribution >= 0.6 is 47.8 Å². The van der Waals surface area contributed by atoms with E-state index < -0.39 is 0 Å². The molecule has 6 rings (SSSR count). The smallest absolute Gasteiger partial charge is 0.254 e. The maximum atomic E-state index is 4.46. The lowest BCUT2D eigenvalue weighted by Crippen LogP contribution is -2.11. The van der Waals surface area contributed by atoms with E-state index in [4.69, 9.17) is 0 Å². The standard InChI is InChI=1S/C17H17BrN2.C10H12Br2.C7H5N2/c1-17(2,3)12-8-13(18)10-14(9-12)20-11-19-15-6-4-5-7-16(15)20;1-10(2,3)7-4-8(11)6-9(12)5-7;1-2-4-7-6(3-1)8-5-9-7/h4-11H,1-3H3;4-6H,1-3H3;1-4H,(H,8,9)/q;;+1. The molecule has 2 heterocycles. The van der Waals surface area contributed by atoms with Gasteiger partial charge >= 0.3 is 0 Å². The minimum atomic E-state index is 0.120. The minimum absolute atomic E-state index is 0.120. The highest BCUT2D eigenvalue weighted by atomic mass is 79.9. The van der Waals surface area contributed by atoms with Crippen LogP contribution in [0, 0.1) is 0 Å². The molecular weight excluding hydrogens is 704 g/mol. The number of fused-ring (bicyclic) bond motifs is 2. The van der Waals surface area contributed by atoms with Crippen LogP contribution in [0.4, 0.5) is 11.4 Å². The molecule has 1 aliphatic heterocycles. The summed E-state index contributed by atoms with van der Waals surface area (Å²) in [6.45, 7) is 13.3. The molecule has 0 bridgehead atoms. The van der Waals surface area contributed by atoms with Crippen LogP contribution in [-0.2, 0) is 10.8 Å². The average molecular weight is 738 g/mol. The molecule has 1 N–H and O–H groups in total. The predicted octanol–water partition coefficient (Wildman–Crippen LogP) is 11.2. The third kappa shape index (κ3) is 8.36. The van der Waals surface area contributed by atoms with Gasteiger partial charge in [-0.05, 0) is 87.6 Å². The molecule has 4 nitrogen and oxygen atoms in total. The van der Waals surface area contributed by atoms with E-state index in [-0.39, 0.29) is 10.8 Å². The molecule has 5 aromatic rings. The summed E-state index contributed by atoms with van der Waals surface area (Å²) in [5.74, 6) is 0. The van der Waals surface area contributed by atoms with E-state index in [1.807, 2.05) is 48.8 Å². The first kappa shape index (κ1) is 31.1. The molecule has 41 heavy (non-hydrogen) atoms. The topological polar surface area (TPSA) is 42.2 Å². The predicted molar refractivity (Wildman–Crippen MR) is 185 cm³/mol. The minimum Gasteiger partial charge on any atom is -0.299 e. The summed E-state index contributed by atoms with van der Waals surface area (Å²) in [6, 6.07) is 28.9. The zero-order chi connectivity index (χ0) is 29.8. The molecule has 1 aromatic heterocycles. The van der Waals surface area contributed by atoms with Crippen molar-refractivity contribution in [1.29, 1.82) is 0 Å². The van der Waals surface area contributed by atoms with Gasteiger partial charge in [0.15, 0.2) is 0 Å². The molecule has 0 spiro atoms. The number of benzene rings is 4.